The Morgan fingerprint density at radius 3 is 2.76 bits per heavy atom. The fourth-order valence-corrected chi connectivity index (χ4v) is 2.16. The molecule has 0 saturated carbocycles. The fourth-order valence-electron chi connectivity index (χ4n) is 2.16. The second-order valence-electron chi connectivity index (χ2n) is 4.42. The van der Waals surface area contributed by atoms with Crippen LogP contribution < -0.4 is 5.32 Å². The third-order valence-corrected chi connectivity index (χ3v) is 3.17. The van der Waals surface area contributed by atoms with E-state index in [0.29, 0.717) is 6.04 Å². The van der Waals surface area contributed by atoms with Crippen LogP contribution in [0.15, 0.2) is 12.4 Å². The first-order valence-electron chi connectivity index (χ1n) is 5.80. The minimum Gasteiger partial charge on any atom is -0.306 e. The van der Waals surface area contributed by atoms with E-state index >= 15 is 0 Å². The van der Waals surface area contributed by atoms with Gasteiger partial charge in [-0.25, -0.2) is 0 Å². The molecule has 2 N–H and O–H groups in total. The molecule has 0 bridgehead atoms. The molecule has 0 saturated heterocycles. The maximum atomic E-state index is 4.43. The van der Waals surface area contributed by atoms with Crippen LogP contribution in [-0.2, 0) is 13.6 Å². The van der Waals surface area contributed by atoms with Gasteiger partial charge in [-0.2, -0.15) is 10.2 Å². The number of H-pyrrole nitrogens is 1. The van der Waals surface area contributed by atoms with Crippen LogP contribution in [0.5, 0.6) is 0 Å². The topological polar surface area (TPSA) is 58.5 Å². The first kappa shape index (κ1) is 11.9. The lowest BCUT2D eigenvalue weighted by Crippen LogP contribution is -2.19. The van der Waals surface area contributed by atoms with Crippen molar-refractivity contribution >= 4 is 0 Å². The van der Waals surface area contributed by atoms with Gasteiger partial charge in [0.2, 0.25) is 0 Å². The molecule has 0 aliphatic carbocycles. The van der Waals surface area contributed by atoms with Crippen molar-refractivity contribution in [2.45, 2.75) is 33.4 Å². The summed E-state index contributed by atoms with van der Waals surface area (Å²) in [4.78, 5) is 0. The second-order valence-corrected chi connectivity index (χ2v) is 4.42. The van der Waals surface area contributed by atoms with Crippen LogP contribution in [0.1, 0.15) is 35.5 Å². The van der Waals surface area contributed by atoms with Crippen LogP contribution in [0.3, 0.4) is 0 Å². The molecular weight excluding hydrogens is 214 g/mol. The predicted molar refractivity (Wildman–Crippen MR) is 66.5 cm³/mol. The molecule has 5 nitrogen and oxygen atoms in total. The molecule has 0 amide bonds. The summed E-state index contributed by atoms with van der Waals surface area (Å²) in [7, 11) is 1.98. The predicted octanol–water partition coefficient (Wildman–Crippen LogP) is 1.61. The summed E-state index contributed by atoms with van der Waals surface area (Å²) < 4.78 is 1.93. The van der Waals surface area contributed by atoms with Gasteiger partial charge in [0.05, 0.1) is 11.9 Å². The van der Waals surface area contributed by atoms with Gasteiger partial charge in [0, 0.05) is 42.7 Å². The molecule has 2 aromatic heterocycles. The van der Waals surface area contributed by atoms with Crippen molar-refractivity contribution in [3.05, 3.63) is 34.9 Å². The van der Waals surface area contributed by atoms with E-state index in [2.05, 4.69) is 41.4 Å². The number of rotatable bonds is 4. The molecule has 1 atom stereocenters. The highest BCUT2D eigenvalue weighted by Crippen LogP contribution is 2.20. The summed E-state index contributed by atoms with van der Waals surface area (Å²) >= 11 is 0. The molecule has 2 rings (SSSR count). The third-order valence-electron chi connectivity index (χ3n) is 3.17. The Labute approximate surface area is 101 Å². The molecule has 92 valence electrons. The first-order chi connectivity index (χ1) is 8.09. The molecule has 2 heterocycles. The van der Waals surface area contributed by atoms with Crippen molar-refractivity contribution < 1.29 is 0 Å². The maximum Gasteiger partial charge on any atom is 0.0644 e. The molecule has 0 fully saturated rings. The molecule has 0 aliphatic rings. The molecule has 2 aromatic rings. The quantitative estimate of drug-likeness (QED) is 0.843. The Bertz CT molecular complexity index is 483. The lowest BCUT2D eigenvalue weighted by Gasteiger charge is -2.14. The Morgan fingerprint density at radius 1 is 1.47 bits per heavy atom. The van der Waals surface area contributed by atoms with Gasteiger partial charge in [0.1, 0.15) is 0 Å². The Kier molecular flexibility index (Phi) is 3.28. The number of nitrogens with zero attached hydrogens (tertiary/aromatic N) is 3. The van der Waals surface area contributed by atoms with Crippen molar-refractivity contribution in [1.29, 1.82) is 0 Å². The lowest BCUT2D eigenvalue weighted by atomic mass is 10.1. The molecule has 0 radical (unpaired) electrons. The Hall–Kier alpha value is -1.62. The van der Waals surface area contributed by atoms with Gasteiger partial charge < -0.3 is 5.32 Å². The van der Waals surface area contributed by atoms with Crippen LogP contribution in [0.25, 0.3) is 0 Å². The molecule has 0 aromatic carbocycles. The van der Waals surface area contributed by atoms with E-state index < -0.39 is 0 Å². The highest BCUT2D eigenvalue weighted by atomic mass is 15.3. The average Bonchev–Trinajstić information content (AvgIpc) is 2.86. The molecule has 0 aliphatic heterocycles. The van der Waals surface area contributed by atoms with E-state index in [1.807, 2.05) is 24.1 Å². The van der Waals surface area contributed by atoms with E-state index in [1.165, 1.54) is 11.3 Å². The zero-order valence-electron chi connectivity index (χ0n) is 10.8. The SMILES string of the molecule is Cc1nn(C)c(C)c1C(C)NCc1cn[nH]c1. The van der Waals surface area contributed by atoms with Crippen molar-refractivity contribution in [2.75, 3.05) is 0 Å². The summed E-state index contributed by atoms with van der Waals surface area (Å²) in [5.74, 6) is 0. The monoisotopic (exact) mass is 233 g/mol. The van der Waals surface area contributed by atoms with Gasteiger partial charge >= 0.3 is 0 Å². The Morgan fingerprint density at radius 2 is 2.24 bits per heavy atom. The summed E-state index contributed by atoms with van der Waals surface area (Å²) in [5.41, 5.74) is 4.76. The second kappa shape index (κ2) is 4.71. The van der Waals surface area contributed by atoms with Crippen molar-refractivity contribution in [1.82, 2.24) is 25.3 Å². The van der Waals surface area contributed by atoms with Crippen molar-refractivity contribution in [2.24, 2.45) is 7.05 Å². The highest BCUT2D eigenvalue weighted by molar-refractivity contribution is 5.27. The number of aromatic nitrogens is 4. The van der Waals surface area contributed by atoms with Crippen LogP contribution in [-0.4, -0.2) is 20.0 Å². The van der Waals surface area contributed by atoms with Crippen LogP contribution in [0.2, 0.25) is 0 Å². The number of aromatic amines is 1. The van der Waals surface area contributed by atoms with Gasteiger partial charge in [-0.15, -0.1) is 0 Å². The normalized spacial score (nSPS) is 12.9. The maximum absolute atomic E-state index is 4.43. The van der Waals surface area contributed by atoms with Gasteiger partial charge in [0.15, 0.2) is 0 Å². The molecular formula is C12H19N5. The standard InChI is InChI=1S/C12H19N5/c1-8(13-5-11-6-14-15-7-11)12-9(2)16-17(4)10(12)3/h6-8,13H,5H2,1-4H3,(H,14,15). The van der Waals surface area contributed by atoms with Crippen LogP contribution in [0, 0.1) is 13.8 Å². The fraction of sp³-hybridized carbons (Fsp3) is 0.500. The molecule has 5 heteroatoms. The Balaban J connectivity index is 2.07. The summed E-state index contributed by atoms with van der Waals surface area (Å²) in [6.07, 6.45) is 3.74. The minimum atomic E-state index is 0.290. The third kappa shape index (κ3) is 2.39. The van der Waals surface area contributed by atoms with E-state index in [-0.39, 0.29) is 0 Å². The van der Waals surface area contributed by atoms with E-state index in [9.17, 15) is 0 Å². The van der Waals surface area contributed by atoms with Crippen LogP contribution in [0.4, 0.5) is 0 Å². The largest absolute Gasteiger partial charge is 0.306 e. The smallest absolute Gasteiger partial charge is 0.0644 e. The number of nitrogens with one attached hydrogen (secondary N) is 2. The van der Waals surface area contributed by atoms with E-state index in [4.69, 9.17) is 0 Å². The van der Waals surface area contributed by atoms with Crippen molar-refractivity contribution in [3.63, 3.8) is 0 Å². The highest BCUT2D eigenvalue weighted by Gasteiger charge is 2.15. The number of hydrogen-bond donors (Lipinski definition) is 2. The first-order valence-corrected chi connectivity index (χ1v) is 5.80. The molecule has 17 heavy (non-hydrogen) atoms. The van der Waals surface area contributed by atoms with Gasteiger partial charge in [-0.05, 0) is 20.8 Å². The van der Waals surface area contributed by atoms with Gasteiger partial charge in [-0.3, -0.25) is 9.78 Å². The summed E-state index contributed by atoms with van der Waals surface area (Å²) in [5, 5.41) is 14.7. The zero-order valence-corrected chi connectivity index (χ0v) is 10.8. The average molecular weight is 233 g/mol. The molecule has 1 unspecified atom stereocenters. The summed E-state index contributed by atoms with van der Waals surface area (Å²) in [6, 6.07) is 0.290. The van der Waals surface area contributed by atoms with Gasteiger partial charge in [0.25, 0.3) is 0 Å². The van der Waals surface area contributed by atoms with Gasteiger partial charge in [-0.1, -0.05) is 0 Å². The number of hydrogen-bond acceptors (Lipinski definition) is 3. The zero-order chi connectivity index (χ0) is 12.4. The minimum absolute atomic E-state index is 0.290. The van der Waals surface area contributed by atoms with Crippen molar-refractivity contribution in [3.8, 4) is 0 Å². The van der Waals surface area contributed by atoms with E-state index in [0.717, 1.165) is 17.8 Å². The summed E-state index contributed by atoms with van der Waals surface area (Å²) in [6.45, 7) is 7.13. The molecule has 0 spiro atoms. The number of aryl methyl sites for hydroxylation is 2. The van der Waals surface area contributed by atoms with E-state index in [1.54, 1.807) is 0 Å². The lowest BCUT2D eigenvalue weighted by molar-refractivity contribution is 0.568. The van der Waals surface area contributed by atoms with Crippen LogP contribution >= 0.6 is 0 Å².